The van der Waals surface area contributed by atoms with Gasteiger partial charge in [0.05, 0.1) is 17.4 Å². The van der Waals surface area contributed by atoms with Crippen LogP contribution in [0.4, 0.5) is 0 Å². The topological polar surface area (TPSA) is 125 Å². The number of rotatable bonds is 8. The van der Waals surface area contributed by atoms with Crippen LogP contribution in [0.1, 0.15) is 35.6 Å². The van der Waals surface area contributed by atoms with E-state index in [9.17, 15) is 18.0 Å². The maximum Gasteiger partial charge on any atom is 0.324 e. The van der Waals surface area contributed by atoms with Gasteiger partial charge in [-0.1, -0.05) is 6.07 Å². The van der Waals surface area contributed by atoms with Crippen LogP contribution in [0.25, 0.3) is 0 Å². The molecule has 9 heteroatoms. The Morgan fingerprint density at radius 3 is 2.26 bits per heavy atom. The summed E-state index contributed by atoms with van der Waals surface area (Å²) in [5.74, 6) is -1.43. The first-order valence-electron chi connectivity index (χ1n) is 8.41. The number of hydrogen-bond acceptors (Lipinski definition) is 6. The van der Waals surface area contributed by atoms with Gasteiger partial charge in [0.25, 0.3) is 5.91 Å². The third kappa shape index (κ3) is 6.05. The Balaban J connectivity index is 2.82. The number of hydrogen-bond donors (Lipinski definition) is 2. The molecule has 8 nitrogen and oxygen atoms in total. The number of esters is 1. The largest absolute Gasteiger partial charge is 0.454 e. The summed E-state index contributed by atoms with van der Waals surface area (Å²) in [4.78, 5) is 23.6. The molecule has 1 amide bonds. The average molecular weight is 395 g/mol. The van der Waals surface area contributed by atoms with Crippen LogP contribution >= 0.6 is 0 Å². The van der Waals surface area contributed by atoms with Crippen LogP contribution in [0.3, 0.4) is 0 Å². The van der Waals surface area contributed by atoms with Gasteiger partial charge in [-0.3, -0.25) is 9.59 Å². The number of aryl methyl sites for hydroxylation is 2. The number of carbonyl (C=O) groups excluding carboxylic acids is 2. The fraction of sp³-hybridized carbons (Fsp3) is 0.500. The van der Waals surface area contributed by atoms with Gasteiger partial charge in [0.2, 0.25) is 10.0 Å². The summed E-state index contributed by atoms with van der Waals surface area (Å²) < 4.78 is 32.7. The van der Waals surface area contributed by atoms with Gasteiger partial charge in [-0.15, -0.1) is 0 Å². The van der Waals surface area contributed by atoms with Crippen LogP contribution in [-0.4, -0.2) is 39.5 Å². The molecule has 0 saturated heterocycles. The lowest BCUT2D eigenvalue weighted by Gasteiger charge is -2.18. The highest BCUT2D eigenvalue weighted by Gasteiger charge is 2.27. The first kappa shape index (κ1) is 22.6. The highest BCUT2D eigenvalue weighted by Crippen LogP contribution is 2.26. The number of ether oxygens (including phenoxy) is 1. The van der Waals surface area contributed by atoms with Gasteiger partial charge < -0.3 is 10.1 Å². The van der Waals surface area contributed by atoms with Crippen molar-refractivity contribution in [3.63, 3.8) is 0 Å². The molecule has 0 saturated carbocycles. The van der Waals surface area contributed by atoms with Crippen molar-refractivity contribution >= 4 is 21.9 Å². The standard InChI is InChI=1S/C18H25N3O5S/c1-11-9-12(2)14(4)17(13(11)3)27(24,25)21-15(5)18(23)26-10-16(22)20-8-6-7-19/h9,15,21H,6,8,10H2,1-5H3,(H,20,22)/t15-/m0/s1. The van der Waals surface area contributed by atoms with Gasteiger partial charge in [-0.2, -0.15) is 9.98 Å². The second kappa shape index (κ2) is 9.48. The molecule has 0 fully saturated rings. The predicted octanol–water partition coefficient (Wildman–Crippen LogP) is 1.16. The average Bonchev–Trinajstić information content (AvgIpc) is 2.57. The zero-order valence-corrected chi connectivity index (χ0v) is 17.0. The third-order valence-electron chi connectivity index (χ3n) is 4.16. The van der Waals surface area contributed by atoms with E-state index >= 15 is 0 Å². The molecule has 0 heterocycles. The Labute approximate surface area is 160 Å². The molecule has 1 aromatic carbocycles. The molecule has 2 N–H and O–H groups in total. The second-order valence-electron chi connectivity index (χ2n) is 6.30. The van der Waals surface area contributed by atoms with Gasteiger partial charge in [-0.05, 0) is 56.9 Å². The quantitative estimate of drug-likeness (QED) is 0.503. The van der Waals surface area contributed by atoms with Crippen LogP contribution in [0, 0.1) is 39.0 Å². The number of nitrogens with one attached hydrogen (secondary N) is 2. The molecule has 0 aliphatic carbocycles. The van der Waals surface area contributed by atoms with E-state index in [1.807, 2.05) is 26.0 Å². The SMILES string of the molecule is Cc1cc(C)c(C)c(S(=O)(=O)N[C@@H](C)C(=O)OCC(=O)NCCC#N)c1C. The Hall–Kier alpha value is -2.44. The van der Waals surface area contributed by atoms with E-state index in [0.717, 1.165) is 11.1 Å². The summed E-state index contributed by atoms with van der Waals surface area (Å²) >= 11 is 0. The highest BCUT2D eigenvalue weighted by molar-refractivity contribution is 7.89. The summed E-state index contributed by atoms with van der Waals surface area (Å²) in [6.07, 6.45) is 0.143. The summed E-state index contributed by atoms with van der Waals surface area (Å²) in [6, 6.07) is 2.61. The number of nitriles is 1. The van der Waals surface area contributed by atoms with Crippen molar-refractivity contribution in [1.82, 2.24) is 10.0 Å². The van der Waals surface area contributed by atoms with Crippen LogP contribution in [0.2, 0.25) is 0 Å². The third-order valence-corrected chi connectivity index (χ3v) is 5.97. The van der Waals surface area contributed by atoms with Crippen LogP contribution in [0.5, 0.6) is 0 Å². The summed E-state index contributed by atoms with van der Waals surface area (Å²) in [5, 5.41) is 10.8. The normalized spacial score (nSPS) is 12.1. The van der Waals surface area contributed by atoms with Crippen molar-refractivity contribution in [1.29, 1.82) is 5.26 Å². The molecule has 1 rings (SSSR count). The lowest BCUT2D eigenvalue weighted by atomic mass is 10.0. The Bertz CT molecular complexity index is 846. The van der Waals surface area contributed by atoms with Gasteiger partial charge in [0.1, 0.15) is 6.04 Å². The molecule has 0 bridgehead atoms. The Morgan fingerprint density at radius 2 is 1.74 bits per heavy atom. The van der Waals surface area contributed by atoms with Crippen LogP contribution in [-0.2, 0) is 24.3 Å². The zero-order chi connectivity index (χ0) is 20.8. The lowest BCUT2D eigenvalue weighted by Crippen LogP contribution is -2.41. The van der Waals surface area contributed by atoms with E-state index in [2.05, 4.69) is 10.0 Å². The van der Waals surface area contributed by atoms with E-state index in [1.54, 1.807) is 13.8 Å². The first-order valence-corrected chi connectivity index (χ1v) is 9.89. The minimum Gasteiger partial charge on any atom is -0.454 e. The number of nitrogens with zero attached hydrogens (tertiary/aromatic N) is 1. The summed E-state index contributed by atoms with van der Waals surface area (Å²) in [5.41, 5.74) is 2.90. The molecule has 0 unspecified atom stereocenters. The predicted molar refractivity (Wildman–Crippen MR) is 99.4 cm³/mol. The molecule has 27 heavy (non-hydrogen) atoms. The summed E-state index contributed by atoms with van der Waals surface area (Å²) in [7, 11) is -3.95. The molecule has 1 aromatic rings. The van der Waals surface area contributed by atoms with Gasteiger partial charge in [0, 0.05) is 6.54 Å². The molecule has 0 aliphatic rings. The summed E-state index contributed by atoms with van der Waals surface area (Å²) in [6.45, 7) is 8.03. The van der Waals surface area contributed by atoms with E-state index in [0.29, 0.717) is 11.1 Å². The minimum atomic E-state index is -3.95. The second-order valence-corrected chi connectivity index (χ2v) is 7.95. The fourth-order valence-corrected chi connectivity index (χ4v) is 4.30. The fourth-order valence-electron chi connectivity index (χ4n) is 2.49. The van der Waals surface area contributed by atoms with Gasteiger partial charge >= 0.3 is 5.97 Å². The molecular formula is C18H25N3O5S. The lowest BCUT2D eigenvalue weighted by molar-refractivity contribution is -0.149. The zero-order valence-electron chi connectivity index (χ0n) is 16.2. The number of carbonyl (C=O) groups is 2. The van der Waals surface area contributed by atoms with Gasteiger partial charge in [0.15, 0.2) is 6.61 Å². The number of benzene rings is 1. The smallest absolute Gasteiger partial charge is 0.324 e. The Kier molecular flexibility index (Phi) is 7.94. The van der Waals surface area contributed by atoms with E-state index < -0.39 is 34.5 Å². The molecule has 0 aliphatic heterocycles. The molecule has 1 atom stereocenters. The van der Waals surface area contributed by atoms with Crippen molar-refractivity contribution in [2.45, 2.75) is 52.0 Å². The Morgan fingerprint density at radius 1 is 1.19 bits per heavy atom. The highest BCUT2D eigenvalue weighted by atomic mass is 32.2. The van der Waals surface area contributed by atoms with Crippen molar-refractivity contribution < 1.29 is 22.7 Å². The van der Waals surface area contributed by atoms with Crippen molar-refractivity contribution in [3.05, 3.63) is 28.3 Å². The number of amides is 1. The minimum absolute atomic E-state index is 0.143. The van der Waals surface area contributed by atoms with E-state index in [4.69, 9.17) is 10.00 Å². The molecule has 148 valence electrons. The first-order chi connectivity index (χ1) is 12.5. The van der Waals surface area contributed by atoms with Crippen LogP contribution in [0.15, 0.2) is 11.0 Å². The number of sulfonamides is 1. The maximum absolute atomic E-state index is 12.8. The van der Waals surface area contributed by atoms with Crippen molar-refractivity contribution in [2.75, 3.05) is 13.2 Å². The van der Waals surface area contributed by atoms with E-state index in [-0.39, 0.29) is 17.9 Å². The van der Waals surface area contributed by atoms with Crippen molar-refractivity contribution in [2.24, 2.45) is 0 Å². The monoisotopic (exact) mass is 395 g/mol. The molecular weight excluding hydrogens is 370 g/mol. The van der Waals surface area contributed by atoms with Gasteiger partial charge in [-0.25, -0.2) is 8.42 Å². The van der Waals surface area contributed by atoms with E-state index in [1.165, 1.54) is 6.92 Å². The molecule has 0 radical (unpaired) electrons. The van der Waals surface area contributed by atoms with Crippen LogP contribution < -0.4 is 10.0 Å². The molecule has 0 aromatic heterocycles. The molecule has 0 spiro atoms. The van der Waals surface area contributed by atoms with Crippen molar-refractivity contribution in [3.8, 4) is 6.07 Å². The maximum atomic E-state index is 12.8.